The van der Waals surface area contributed by atoms with Crippen LogP contribution >= 0.6 is 0 Å². The molecule has 0 bridgehead atoms. The number of alkyl halides is 1. The molecule has 0 aromatic carbocycles. The monoisotopic (exact) mass is 287 g/mol. The van der Waals surface area contributed by atoms with Crippen LogP contribution in [-0.4, -0.2) is 34.0 Å². The third-order valence-electron chi connectivity index (χ3n) is 3.10. The van der Waals surface area contributed by atoms with Crippen molar-refractivity contribution in [2.24, 2.45) is 0 Å². The summed E-state index contributed by atoms with van der Waals surface area (Å²) in [5, 5.41) is 18.8. The minimum absolute atomic E-state index is 0.105. The number of hydrogen-bond acceptors (Lipinski definition) is 4. The van der Waals surface area contributed by atoms with Gasteiger partial charge in [0.1, 0.15) is 12.5 Å². The first-order valence-electron chi connectivity index (χ1n) is 6.38. The van der Waals surface area contributed by atoms with Gasteiger partial charge in [-0.1, -0.05) is 0 Å². The molecule has 0 saturated carbocycles. The number of amides is 1. The summed E-state index contributed by atoms with van der Waals surface area (Å²) in [6, 6.07) is 0.968. The Balaban J connectivity index is 2.17. The average Bonchev–Trinajstić information content (AvgIpc) is 3.00. The molecule has 0 saturated heterocycles. The summed E-state index contributed by atoms with van der Waals surface area (Å²) in [5.74, 6) is 0. The Morgan fingerprint density at radius 2 is 2.57 bits per heavy atom. The molecule has 0 aliphatic heterocycles. The number of imidazole rings is 1. The summed E-state index contributed by atoms with van der Waals surface area (Å²) >= 11 is 0. The van der Waals surface area contributed by atoms with Gasteiger partial charge in [-0.15, -0.1) is 0 Å². The lowest BCUT2D eigenvalue weighted by molar-refractivity contribution is 0.239. The molecule has 7 heteroatoms. The van der Waals surface area contributed by atoms with E-state index in [4.69, 9.17) is 10.7 Å². The van der Waals surface area contributed by atoms with Gasteiger partial charge < -0.3 is 10.7 Å². The van der Waals surface area contributed by atoms with Crippen molar-refractivity contribution in [3.8, 4) is 6.07 Å². The summed E-state index contributed by atoms with van der Waals surface area (Å²) in [6.45, 7) is 0. The van der Waals surface area contributed by atoms with E-state index in [1.807, 2.05) is 6.07 Å². The van der Waals surface area contributed by atoms with Crippen LogP contribution in [0.2, 0.25) is 0 Å². The molecule has 1 amide bonds. The first-order chi connectivity index (χ1) is 10.1. The SMILES string of the molecule is N#CC1=CC(F)CC([C@H](CC=N)NC(=O)n2ccnc2)=C1. The van der Waals surface area contributed by atoms with Gasteiger partial charge in [0, 0.05) is 25.2 Å². The van der Waals surface area contributed by atoms with Gasteiger partial charge in [0.25, 0.3) is 0 Å². The Morgan fingerprint density at radius 3 is 3.19 bits per heavy atom. The van der Waals surface area contributed by atoms with Gasteiger partial charge in [0.2, 0.25) is 0 Å². The first kappa shape index (κ1) is 14.7. The molecule has 0 fully saturated rings. The Labute approximate surface area is 121 Å². The smallest absolute Gasteiger partial charge is 0.327 e. The van der Waals surface area contributed by atoms with E-state index in [0.717, 1.165) is 6.21 Å². The zero-order chi connectivity index (χ0) is 15.2. The number of nitrogens with one attached hydrogen (secondary N) is 2. The molecule has 1 aromatic heterocycles. The summed E-state index contributed by atoms with van der Waals surface area (Å²) in [5.41, 5.74) is 0.828. The Kier molecular flexibility index (Phi) is 4.61. The molecule has 6 nitrogen and oxygen atoms in total. The van der Waals surface area contributed by atoms with E-state index in [2.05, 4.69) is 10.3 Å². The van der Waals surface area contributed by atoms with Gasteiger partial charge in [-0.2, -0.15) is 5.26 Å². The number of carbonyl (C=O) groups excluding carboxylic acids is 1. The second kappa shape index (κ2) is 6.61. The van der Waals surface area contributed by atoms with Gasteiger partial charge >= 0.3 is 6.03 Å². The maximum absolute atomic E-state index is 13.6. The highest BCUT2D eigenvalue weighted by atomic mass is 19.1. The molecule has 1 aromatic rings. The summed E-state index contributed by atoms with van der Waals surface area (Å²) in [6.07, 6.45) is 7.37. The third kappa shape index (κ3) is 3.63. The molecule has 21 heavy (non-hydrogen) atoms. The second-order valence-electron chi connectivity index (χ2n) is 4.59. The van der Waals surface area contributed by atoms with Crippen LogP contribution in [0.15, 0.2) is 42.0 Å². The minimum atomic E-state index is -1.25. The summed E-state index contributed by atoms with van der Waals surface area (Å²) in [4.78, 5) is 15.8. The molecule has 2 atom stereocenters. The van der Waals surface area contributed by atoms with E-state index in [9.17, 15) is 9.18 Å². The quantitative estimate of drug-likeness (QED) is 0.829. The molecular formula is C14H14FN5O. The lowest BCUT2D eigenvalue weighted by Crippen LogP contribution is -2.39. The molecule has 1 heterocycles. The van der Waals surface area contributed by atoms with Crippen LogP contribution in [0.25, 0.3) is 0 Å². The van der Waals surface area contributed by atoms with Gasteiger partial charge in [-0.25, -0.2) is 14.2 Å². The van der Waals surface area contributed by atoms with Gasteiger partial charge in [0.15, 0.2) is 0 Å². The van der Waals surface area contributed by atoms with Crippen molar-refractivity contribution < 1.29 is 9.18 Å². The number of nitrogens with zero attached hydrogens (tertiary/aromatic N) is 3. The standard InChI is InChI=1S/C14H14FN5O/c15-12-6-10(8-17)5-11(7-12)13(1-2-16)19-14(21)20-4-3-18-9-20/h2-6,9,12-13,16H,1,7H2,(H,19,21)/t12?,13-/m0/s1. The lowest BCUT2D eigenvalue weighted by Gasteiger charge is -2.23. The van der Waals surface area contributed by atoms with Crippen LogP contribution < -0.4 is 5.32 Å². The second-order valence-corrected chi connectivity index (χ2v) is 4.59. The van der Waals surface area contributed by atoms with Crippen molar-refractivity contribution in [2.45, 2.75) is 25.1 Å². The van der Waals surface area contributed by atoms with Crippen molar-refractivity contribution in [2.75, 3.05) is 0 Å². The molecule has 0 spiro atoms. The number of nitriles is 1. The van der Waals surface area contributed by atoms with Crippen molar-refractivity contribution in [1.82, 2.24) is 14.9 Å². The minimum Gasteiger partial charge on any atom is -0.331 e. The van der Waals surface area contributed by atoms with Crippen molar-refractivity contribution in [3.05, 3.63) is 42.0 Å². The topological polar surface area (TPSA) is 94.6 Å². The first-order valence-corrected chi connectivity index (χ1v) is 6.38. The maximum Gasteiger partial charge on any atom is 0.327 e. The Bertz CT molecular complexity index is 626. The molecule has 2 rings (SSSR count). The molecule has 1 aliphatic carbocycles. The van der Waals surface area contributed by atoms with Gasteiger partial charge in [-0.3, -0.25) is 4.57 Å². The van der Waals surface area contributed by atoms with Crippen LogP contribution in [-0.2, 0) is 0 Å². The van der Waals surface area contributed by atoms with E-state index < -0.39 is 18.2 Å². The normalized spacial score (nSPS) is 19.0. The number of allylic oxidation sites excluding steroid dienone is 3. The van der Waals surface area contributed by atoms with E-state index >= 15 is 0 Å². The Morgan fingerprint density at radius 1 is 1.76 bits per heavy atom. The fourth-order valence-electron chi connectivity index (χ4n) is 2.12. The lowest BCUT2D eigenvalue weighted by atomic mass is 9.92. The molecule has 2 N–H and O–H groups in total. The molecule has 1 aliphatic rings. The number of halogens is 1. The highest BCUT2D eigenvalue weighted by Gasteiger charge is 2.23. The number of hydrogen-bond donors (Lipinski definition) is 2. The molecule has 0 radical (unpaired) electrons. The van der Waals surface area contributed by atoms with E-state index in [-0.39, 0.29) is 18.4 Å². The van der Waals surface area contributed by atoms with E-state index in [1.54, 1.807) is 6.08 Å². The predicted molar refractivity (Wildman–Crippen MR) is 74.6 cm³/mol. The largest absolute Gasteiger partial charge is 0.331 e. The van der Waals surface area contributed by atoms with Crippen LogP contribution in [0.1, 0.15) is 12.8 Å². The van der Waals surface area contributed by atoms with Crippen molar-refractivity contribution in [1.29, 1.82) is 10.7 Å². The van der Waals surface area contributed by atoms with Gasteiger partial charge in [0.05, 0.1) is 17.7 Å². The maximum atomic E-state index is 13.6. The van der Waals surface area contributed by atoms with Crippen molar-refractivity contribution >= 4 is 12.2 Å². The van der Waals surface area contributed by atoms with Crippen LogP contribution in [0, 0.1) is 16.7 Å². The third-order valence-corrected chi connectivity index (χ3v) is 3.10. The highest BCUT2D eigenvalue weighted by Crippen LogP contribution is 2.23. The van der Waals surface area contributed by atoms with E-state index in [1.165, 1.54) is 29.4 Å². The van der Waals surface area contributed by atoms with E-state index in [0.29, 0.717) is 5.57 Å². The zero-order valence-corrected chi connectivity index (χ0v) is 11.2. The fourth-order valence-corrected chi connectivity index (χ4v) is 2.12. The van der Waals surface area contributed by atoms with Crippen molar-refractivity contribution in [3.63, 3.8) is 0 Å². The Hall–Kier alpha value is -2.75. The van der Waals surface area contributed by atoms with Gasteiger partial charge in [-0.05, 0) is 23.9 Å². The van der Waals surface area contributed by atoms with Crippen LogP contribution in [0.5, 0.6) is 0 Å². The molecular weight excluding hydrogens is 273 g/mol. The number of aromatic nitrogens is 2. The van der Waals surface area contributed by atoms with Crippen LogP contribution in [0.4, 0.5) is 9.18 Å². The summed E-state index contributed by atoms with van der Waals surface area (Å²) < 4.78 is 14.9. The summed E-state index contributed by atoms with van der Waals surface area (Å²) in [7, 11) is 0. The highest BCUT2D eigenvalue weighted by molar-refractivity contribution is 5.77. The number of rotatable bonds is 4. The fraction of sp³-hybridized carbons (Fsp3) is 0.286. The molecule has 1 unspecified atom stereocenters. The number of carbonyl (C=O) groups is 1. The van der Waals surface area contributed by atoms with Crippen LogP contribution in [0.3, 0.4) is 0 Å². The zero-order valence-electron chi connectivity index (χ0n) is 11.2. The molecule has 108 valence electrons. The predicted octanol–water partition coefficient (Wildman–Crippen LogP) is 1.97. The average molecular weight is 287 g/mol.